The summed E-state index contributed by atoms with van der Waals surface area (Å²) in [6, 6.07) is 6.52. The predicted molar refractivity (Wildman–Crippen MR) is 98.3 cm³/mol. The maximum Gasteiger partial charge on any atom is 0.130 e. The number of aromatic nitrogens is 2. The number of rotatable bonds is 5. The van der Waals surface area contributed by atoms with Gasteiger partial charge in [0, 0.05) is 23.1 Å². The summed E-state index contributed by atoms with van der Waals surface area (Å²) in [7, 11) is 0. The van der Waals surface area contributed by atoms with E-state index < -0.39 is 0 Å². The molecule has 23 heavy (non-hydrogen) atoms. The van der Waals surface area contributed by atoms with E-state index in [9.17, 15) is 4.79 Å². The minimum absolute atomic E-state index is 0.211. The van der Waals surface area contributed by atoms with Gasteiger partial charge in [0.2, 0.25) is 0 Å². The lowest BCUT2D eigenvalue weighted by atomic mass is 10.0. The highest BCUT2D eigenvalue weighted by molar-refractivity contribution is 7.99. The first-order valence-electron chi connectivity index (χ1n) is 7.48. The van der Waals surface area contributed by atoms with Crippen molar-refractivity contribution >= 4 is 39.1 Å². The fraction of sp³-hybridized carbons (Fsp3) is 0.278. The van der Waals surface area contributed by atoms with Crippen molar-refractivity contribution in [3.8, 4) is 11.1 Å². The molecule has 0 saturated heterocycles. The zero-order chi connectivity index (χ0) is 16.4. The maximum absolute atomic E-state index is 11.2. The molecule has 0 spiro atoms. The van der Waals surface area contributed by atoms with Gasteiger partial charge in [-0.15, -0.1) is 23.1 Å². The fourth-order valence-corrected chi connectivity index (χ4v) is 4.41. The summed E-state index contributed by atoms with van der Waals surface area (Å²) in [5.41, 5.74) is 4.95. The van der Waals surface area contributed by atoms with Crippen LogP contribution in [0.2, 0.25) is 0 Å². The van der Waals surface area contributed by atoms with Crippen molar-refractivity contribution in [1.82, 2.24) is 9.97 Å². The number of Topliss-reactive ketones (excluding diaryl/α,β-unsaturated/α-hetero) is 1. The van der Waals surface area contributed by atoms with Crippen molar-refractivity contribution in [2.45, 2.75) is 32.2 Å². The number of ketones is 1. The van der Waals surface area contributed by atoms with Crippen LogP contribution in [0.4, 0.5) is 0 Å². The number of benzene rings is 1. The normalized spacial score (nSPS) is 11.1. The Balaban J connectivity index is 2.03. The first kappa shape index (κ1) is 16.1. The number of thioether (sulfide) groups is 1. The molecule has 0 aliphatic carbocycles. The Morgan fingerprint density at radius 2 is 2.04 bits per heavy atom. The number of hydrogen-bond donors (Lipinski definition) is 0. The molecule has 5 heteroatoms. The van der Waals surface area contributed by atoms with Gasteiger partial charge in [-0.25, -0.2) is 9.97 Å². The second-order valence-corrected chi connectivity index (χ2v) is 7.55. The molecule has 0 amide bonds. The van der Waals surface area contributed by atoms with Crippen LogP contribution in [0.15, 0.2) is 34.9 Å². The number of carbonyl (C=O) groups is 1. The van der Waals surface area contributed by atoms with E-state index in [1.54, 1.807) is 36.3 Å². The SMILES string of the molecule is CC(=O)CCSc1ncnc2scc(-c3ccc(C)c(C)c3)c12. The van der Waals surface area contributed by atoms with Crippen molar-refractivity contribution in [1.29, 1.82) is 0 Å². The van der Waals surface area contributed by atoms with Gasteiger partial charge in [-0.2, -0.15) is 0 Å². The molecular weight excluding hydrogens is 324 g/mol. The van der Waals surface area contributed by atoms with Gasteiger partial charge in [-0.1, -0.05) is 18.2 Å². The summed E-state index contributed by atoms with van der Waals surface area (Å²) < 4.78 is 0. The van der Waals surface area contributed by atoms with E-state index in [1.807, 2.05) is 0 Å². The zero-order valence-corrected chi connectivity index (χ0v) is 15.1. The molecule has 1 aromatic carbocycles. The largest absolute Gasteiger partial charge is 0.300 e. The van der Waals surface area contributed by atoms with E-state index in [0.717, 1.165) is 21.0 Å². The van der Waals surface area contributed by atoms with E-state index in [4.69, 9.17) is 0 Å². The Kier molecular flexibility index (Phi) is 4.78. The molecule has 0 unspecified atom stereocenters. The van der Waals surface area contributed by atoms with Gasteiger partial charge in [0.25, 0.3) is 0 Å². The highest BCUT2D eigenvalue weighted by Gasteiger charge is 2.14. The van der Waals surface area contributed by atoms with Gasteiger partial charge in [-0.3, -0.25) is 4.79 Å². The highest BCUT2D eigenvalue weighted by Crippen LogP contribution is 2.38. The molecule has 2 heterocycles. The molecule has 0 N–H and O–H groups in total. The Morgan fingerprint density at radius 1 is 1.22 bits per heavy atom. The summed E-state index contributed by atoms with van der Waals surface area (Å²) >= 11 is 3.28. The average Bonchev–Trinajstić information content (AvgIpc) is 2.94. The molecule has 0 fully saturated rings. The summed E-state index contributed by atoms with van der Waals surface area (Å²) in [4.78, 5) is 21.0. The summed E-state index contributed by atoms with van der Waals surface area (Å²) in [6.07, 6.45) is 2.18. The molecule has 118 valence electrons. The molecule has 0 saturated carbocycles. The molecule has 0 bridgehead atoms. The second-order valence-electron chi connectivity index (χ2n) is 5.61. The standard InChI is InChI=1S/C18H18N2OS2/c1-11-4-5-14(8-12(11)2)15-9-23-18-16(15)17(19-10-20-18)22-7-6-13(3)21/h4-5,8-10H,6-7H2,1-3H3. The Labute approximate surface area is 144 Å². The van der Waals surface area contributed by atoms with Crippen molar-refractivity contribution < 1.29 is 4.79 Å². The van der Waals surface area contributed by atoms with Gasteiger partial charge in [0.15, 0.2) is 0 Å². The maximum atomic E-state index is 11.2. The van der Waals surface area contributed by atoms with Crippen molar-refractivity contribution in [3.63, 3.8) is 0 Å². The summed E-state index contributed by atoms with van der Waals surface area (Å²) in [5.74, 6) is 0.964. The van der Waals surface area contributed by atoms with Crippen molar-refractivity contribution in [2.24, 2.45) is 0 Å². The smallest absolute Gasteiger partial charge is 0.130 e. The van der Waals surface area contributed by atoms with Crippen LogP contribution in [-0.4, -0.2) is 21.5 Å². The lowest BCUT2D eigenvalue weighted by Gasteiger charge is -2.07. The van der Waals surface area contributed by atoms with E-state index in [-0.39, 0.29) is 5.78 Å². The number of aryl methyl sites for hydroxylation is 2. The molecule has 3 aromatic rings. The Hall–Kier alpha value is -1.72. The highest BCUT2D eigenvalue weighted by atomic mass is 32.2. The fourth-order valence-electron chi connectivity index (χ4n) is 2.37. The first-order valence-corrected chi connectivity index (χ1v) is 9.35. The number of fused-ring (bicyclic) bond motifs is 1. The third-order valence-corrected chi connectivity index (χ3v) is 5.72. The number of thiophene rings is 1. The molecule has 3 rings (SSSR count). The third kappa shape index (κ3) is 3.46. The lowest BCUT2D eigenvalue weighted by Crippen LogP contribution is -1.93. The van der Waals surface area contributed by atoms with Crippen LogP contribution in [0.25, 0.3) is 21.3 Å². The summed E-state index contributed by atoms with van der Waals surface area (Å²) in [5, 5.41) is 4.22. The van der Waals surface area contributed by atoms with E-state index in [1.165, 1.54) is 22.3 Å². The van der Waals surface area contributed by atoms with E-state index in [2.05, 4.69) is 47.4 Å². The van der Waals surface area contributed by atoms with Crippen LogP contribution in [0.1, 0.15) is 24.5 Å². The predicted octanol–water partition coefficient (Wildman–Crippen LogP) is 5.05. The molecule has 0 aliphatic rings. The number of carbonyl (C=O) groups excluding carboxylic acids is 1. The van der Waals surface area contributed by atoms with Crippen molar-refractivity contribution in [2.75, 3.05) is 5.75 Å². The topological polar surface area (TPSA) is 42.9 Å². The molecular formula is C18H18N2OS2. The van der Waals surface area contributed by atoms with Gasteiger partial charge in [0.1, 0.15) is 22.0 Å². The quantitative estimate of drug-likeness (QED) is 0.481. The molecule has 0 aliphatic heterocycles. The van der Waals surface area contributed by atoms with Crippen LogP contribution >= 0.6 is 23.1 Å². The lowest BCUT2D eigenvalue weighted by molar-refractivity contribution is -0.116. The summed E-state index contributed by atoms with van der Waals surface area (Å²) in [6.45, 7) is 5.88. The van der Waals surface area contributed by atoms with Gasteiger partial charge in [0.05, 0.1) is 5.39 Å². The first-order chi connectivity index (χ1) is 11.1. The minimum atomic E-state index is 0.211. The Morgan fingerprint density at radius 3 is 2.78 bits per heavy atom. The molecule has 3 nitrogen and oxygen atoms in total. The number of hydrogen-bond acceptors (Lipinski definition) is 5. The van der Waals surface area contributed by atoms with E-state index in [0.29, 0.717) is 6.42 Å². The Bertz CT molecular complexity index is 871. The average molecular weight is 342 g/mol. The third-order valence-electron chi connectivity index (χ3n) is 3.85. The van der Waals surface area contributed by atoms with Crippen LogP contribution in [0.3, 0.4) is 0 Å². The number of nitrogens with zero attached hydrogens (tertiary/aromatic N) is 2. The second kappa shape index (κ2) is 6.81. The molecule has 2 aromatic heterocycles. The van der Waals surface area contributed by atoms with Gasteiger partial charge < -0.3 is 0 Å². The van der Waals surface area contributed by atoms with Crippen molar-refractivity contribution in [3.05, 3.63) is 41.0 Å². The van der Waals surface area contributed by atoms with E-state index >= 15 is 0 Å². The van der Waals surface area contributed by atoms with Crippen LogP contribution in [0.5, 0.6) is 0 Å². The zero-order valence-electron chi connectivity index (χ0n) is 13.4. The molecule has 0 atom stereocenters. The van der Waals surface area contributed by atoms with Crippen LogP contribution in [-0.2, 0) is 4.79 Å². The molecule has 0 radical (unpaired) electrons. The van der Waals surface area contributed by atoms with Gasteiger partial charge >= 0.3 is 0 Å². The van der Waals surface area contributed by atoms with Gasteiger partial charge in [-0.05, 0) is 37.5 Å². The van der Waals surface area contributed by atoms with Crippen LogP contribution < -0.4 is 0 Å². The monoisotopic (exact) mass is 342 g/mol. The minimum Gasteiger partial charge on any atom is -0.300 e. The van der Waals surface area contributed by atoms with Crippen LogP contribution in [0, 0.1) is 13.8 Å².